The smallest absolute Gasteiger partial charge is 0.240 e. The summed E-state index contributed by atoms with van der Waals surface area (Å²) in [5.74, 6) is 0. The van der Waals surface area contributed by atoms with E-state index in [1.54, 1.807) is 13.0 Å². The Hall–Kier alpha value is -1.11. The number of sulfonamides is 1. The van der Waals surface area contributed by atoms with E-state index in [-0.39, 0.29) is 11.5 Å². The van der Waals surface area contributed by atoms with Crippen molar-refractivity contribution in [3.8, 4) is 0 Å². The van der Waals surface area contributed by atoms with Gasteiger partial charge >= 0.3 is 0 Å². The van der Waals surface area contributed by atoms with Crippen LogP contribution in [0.4, 0.5) is 5.69 Å². The first-order chi connectivity index (χ1) is 8.31. The first-order valence-corrected chi connectivity index (χ1v) is 7.30. The number of nitrogen functional groups attached to an aromatic ring is 1. The third-order valence-corrected chi connectivity index (χ3v) is 4.53. The second-order valence-electron chi connectivity index (χ2n) is 4.36. The van der Waals surface area contributed by atoms with Crippen LogP contribution in [0.25, 0.3) is 0 Å². The van der Waals surface area contributed by atoms with E-state index in [1.807, 2.05) is 13.8 Å². The number of anilines is 1. The number of hydrogen-bond donors (Lipinski definition) is 3. The lowest BCUT2D eigenvalue weighted by molar-refractivity contribution is 0.254. The molecule has 4 N–H and O–H groups in total. The molecule has 1 aromatic carbocycles. The largest absolute Gasteiger partial charge is 0.398 e. The van der Waals surface area contributed by atoms with E-state index in [9.17, 15) is 8.42 Å². The Balaban J connectivity index is 3.13. The van der Waals surface area contributed by atoms with Crippen molar-refractivity contribution in [3.63, 3.8) is 0 Å². The van der Waals surface area contributed by atoms with E-state index in [4.69, 9.17) is 10.8 Å². The summed E-state index contributed by atoms with van der Waals surface area (Å²) in [7, 11) is -3.64. The van der Waals surface area contributed by atoms with Gasteiger partial charge in [-0.2, -0.15) is 0 Å². The maximum Gasteiger partial charge on any atom is 0.240 e. The summed E-state index contributed by atoms with van der Waals surface area (Å²) < 4.78 is 26.6. The summed E-state index contributed by atoms with van der Waals surface area (Å²) in [5, 5.41) is 9.04. The Kier molecular flexibility index (Phi) is 4.72. The second-order valence-corrected chi connectivity index (χ2v) is 6.08. The Morgan fingerprint density at radius 3 is 2.44 bits per heavy atom. The molecule has 0 heterocycles. The number of hydrogen-bond acceptors (Lipinski definition) is 4. The lowest BCUT2D eigenvalue weighted by atomic mass is 10.1. The average Bonchev–Trinajstić information content (AvgIpc) is 2.32. The lowest BCUT2D eigenvalue weighted by Crippen LogP contribution is -2.37. The Labute approximate surface area is 108 Å². The minimum absolute atomic E-state index is 0.134. The van der Waals surface area contributed by atoms with Gasteiger partial charge in [-0.15, -0.1) is 0 Å². The van der Waals surface area contributed by atoms with Crippen molar-refractivity contribution < 1.29 is 13.5 Å². The SMILES string of the molecule is CC[C@@H](CO)NS(=O)(=O)c1cc(C)c(C)c(N)c1. The molecule has 1 rings (SSSR count). The van der Waals surface area contributed by atoms with Crippen LogP contribution in [0.2, 0.25) is 0 Å². The Morgan fingerprint density at radius 2 is 2.00 bits per heavy atom. The van der Waals surface area contributed by atoms with Crippen LogP contribution in [-0.2, 0) is 10.0 Å². The molecule has 1 aromatic rings. The standard InChI is InChI=1S/C12H20N2O3S/c1-4-10(7-15)14-18(16,17)11-5-8(2)9(3)12(13)6-11/h5-6,10,14-15H,4,7,13H2,1-3H3/t10-/m0/s1. The molecule has 102 valence electrons. The van der Waals surface area contributed by atoms with Crippen LogP contribution < -0.4 is 10.5 Å². The molecular weight excluding hydrogens is 252 g/mol. The normalized spacial score (nSPS) is 13.6. The van der Waals surface area contributed by atoms with Crippen molar-refractivity contribution in [3.05, 3.63) is 23.3 Å². The topological polar surface area (TPSA) is 92.4 Å². The summed E-state index contributed by atoms with van der Waals surface area (Å²) in [6.45, 7) is 5.24. The van der Waals surface area contributed by atoms with E-state index in [1.165, 1.54) is 6.07 Å². The summed E-state index contributed by atoms with van der Waals surface area (Å²) in [6, 6.07) is 2.55. The molecule has 0 radical (unpaired) electrons. The maximum absolute atomic E-state index is 12.1. The van der Waals surface area contributed by atoms with Crippen LogP contribution >= 0.6 is 0 Å². The molecule has 5 nitrogen and oxygen atoms in total. The second kappa shape index (κ2) is 5.69. The number of aliphatic hydroxyl groups is 1. The third kappa shape index (κ3) is 3.22. The molecule has 0 aliphatic carbocycles. The van der Waals surface area contributed by atoms with E-state index < -0.39 is 16.1 Å². The minimum Gasteiger partial charge on any atom is -0.398 e. The van der Waals surface area contributed by atoms with Crippen molar-refractivity contribution in [2.24, 2.45) is 0 Å². The molecule has 0 unspecified atom stereocenters. The summed E-state index contributed by atoms with van der Waals surface area (Å²) in [6.07, 6.45) is 0.524. The molecule has 0 aromatic heterocycles. The number of aryl methyl sites for hydroxylation is 1. The van der Waals surface area contributed by atoms with Gasteiger partial charge in [-0.25, -0.2) is 13.1 Å². The quantitative estimate of drug-likeness (QED) is 0.695. The average molecular weight is 272 g/mol. The van der Waals surface area contributed by atoms with Crippen molar-refractivity contribution in [2.45, 2.75) is 38.1 Å². The van der Waals surface area contributed by atoms with Crippen LogP contribution in [0.5, 0.6) is 0 Å². The minimum atomic E-state index is -3.64. The van der Waals surface area contributed by atoms with Crippen LogP contribution in [0.15, 0.2) is 17.0 Å². The summed E-state index contributed by atoms with van der Waals surface area (Å²) in [4.78, 5) is 0.134. The van der Waals surface area contributed by atoms with Gasteiger partial charge in [0.2, 0.25) is 10.0 Å². The maximum atomic E-state index is 12.1. The summed E-state index contributed by atoms with van der Waals surface area (Å²) in [5.41, 5.74) is 7.93. The predicted octanol–water partition coefficient (Wildman–Crippen LogP) is 0.935. The van der Waals surface area contributed by atoms with Crippen LogP contribution in [-0.4, -0.2) is 26.2 Å². The van der Waals surface area contributed by atoms with Gasteiger partial charge in [0.15, 0.2) is 0 Å². The van der Waals surface area contributed by atoms with Gasteiger partial charge in [-0.1, -0.05) is 6.92 Å². The molecule has 0 saturated carbocycles. The first-order valence-electron chi connectivity index (χ1n) is 5.81. The monoisotopic (exact) mass is 272 g/mol. The van der Waals surface area contributed by atoms with Crippen LogP contribution in [0, 0.1) is 13.8 Å². The highest BCUT2D eigenvalue weighted by atomic mass is 32.2. The summed E-state index contributed by atoms with van der Waals surface area (Å²) >= 11 is 0. The molecule has 18 heavy (non-hydrogen) atoms. The molecule has 0 fully saturated rings. The highest BCUT2D eigenvalue weighted by Crippen LogP contribution is 2.21. The fourth-order valence-corrected chi connectivity index (χ4v) is 2.97. The van der Waals surface area contributed by atoms with Gasteiger partial charge in [0.05, 0.1) is 11.5 Å². The fourth-order valence-electron chi connectivity index (χ4n) is 1.54. The molecule has 6 heteroatoms. The van der Waals surface area contributed by atoms with Crippen molar-refractivity contribution in [1.82, 2.24) is 4.72 Å². The molecular formula is C12H20N2O3S. The van der Waals surface area contributed by atoms with E-state index in [0.717, 1.165) is 11.1 Å². The van der Waals surface area contributed by atoms with Gasteiger partial charge in [-0.3, -0.25) is 0 Å². The fraction of sp³-hybridized carbons (Fsp3) is 0.500. The number of nitrogens with two attached hydrogens (primary N) is 1. The molecule has 1 atom stereocenters. The van der Waals surface area contributed by atoms with E-state index in [2.05, 4.69) is 4.72 Å². The van der Waals surface area contributed by atoms with Gasteiger partial charge in [-0.05, 0) is 43.5 Å². The van der Waals surface area contributed by atoms with Crippen molar-refractivity contribution in [2.75, 3.05) is 12.3 Å². The van der Waals surface area contributed by atoms with Crippen LogP contribution in [0.3, 0.4) is 0 Å². The number of benzene rings is 1. The zero-order chi connectivity index (χ0) is 13.9. The highest BCUT2D eigenvalue weighted by Gasteiger charge is 2.19. The number of nitrogens with one attached hydrogen (secondary N) is 1. The highest BCUT2D eigenvalue weighted by molar-refractivity contribution is 7.89. The Morgan fingerprint density at radius 1 is 1.39 bits per heavy atom. The number of rotatable bonds is 5. The van der Waals surface area contributed by atoms with Gasteiger partial charge in [0.25, 0.3) is 0 Å². The van der Waals surface area contributed by atoms with Gasteiger partial charge < -0.3 is 10.8 Å². The molecule has 0 aliphatic heterocycles. The van der Waals surface area contributed by atoms with Crippen molar-refractivity contribution >= 4 is 15.7 Å². The van der Waals surface area contributed by atoms with Gasteiger partial charge in [0.1, 0.15) is 0 Å². The zero-order valence-electron chi connectivity index (χ0n) is 10.9. The number of aliphatic hydroxyl groups excluding tert-OH is 1. The lowest BCUT2D eigenvalue weighted by Gasteiger charge is -2.15. The van der Waals surface area contributed by atoms with Crippen LogP contribution in [0.1, 0.15) is 24.5 Å². The predicted molar refractivity (Wildman–Crippen MR) is 71.8 cm³/mol. The Bertz CT molecular complexity index is 499. The molecule has 0 bridgehead atoms. The van der Waals surface area contributed by atoms with Gasteiger partial charge in [0, 0.05) is 11.7 Å². The van der Waals surface area contributed by atoms with E-state index >= 15 is 0 Å². The molecule has 0 amide bonds. The zero-order valence-corrected chi connectivity index (χ0v) is 11.7. The first kappa shape index (κ1) is 14.9. The third-order valence-electron chi connectivity index (χ3n) is 3.03. The molecule has 0 aliphatic rings. The van der Waals surface area contributed by atoms with Crippen molar-refractivity contribution in [1.29, 1.82) is 0 Å². The van der Waals surface area contributed by atoms with E-state index in [0.29, 0.717) is 12.1 Å². The molecule has 0 spiro atoms. The molecule has 0 saturated heterocycles.